The first-order chi connectivity index (χ1) is 16.0. The van der Waals surface area contributed by atoms with Gasteiger partial charge in [-0.05, 0) is 30.5 Å². The summed E-state index contributed by atoms with van der Waals surface area (Å²) in [6.07, 6.45) is 21.4. The molecule has 0 aliphatic heterocycles. The summed E-state index contributed by atoms with van der Waals surface area (Å²) in [5.41, 5.74) is 6.38. The van der Waals surface area contributed by atoms with Gasteiger partial charge in [0.1, 0.15) is 5.75 Å². The molecule has 1 aromatic rings. The Labute approximate surface area is 202 Å². The quantitative estimate of drug-likeness (QED) is 0.198. The lowest BCUT2D eigenvalue weighted by atomic mass is 10.0. The number of benzene rings is 1. The lowest BCUT2D eigenvalue weighted by molar-refractivity contribution is -0.128. The van der Waals surface area contributed by atoms with Crippen molar-refractivity contribution in [3.8, 4) is 5.75 Å². The molecule has 0 aromatic heterocycles. The van der Waals surface area contributed by atoms with Crippen molar-refractivity contribution in [3.63, 3.8) is 0 Å². The fraction of sp³-hybridized carbons (Fsp3) is 0.714. The van der Waals surface area contributed by atoms with Crippen LogP contribution in [0, 0.1) is 0 Å². The number of hydrogen-bond donors (Lipinski definition) is 2. The smallest absolute Gasteiger partial charge is 0.321 e. The van der Waals surface area contributed by atoms with Crippen LogP contribution in [0.1, 0.15) is 122 Å². The molecule has 5 heteroatoms. The van der Waals surface area contributed by atoms with Crippen LogP contribution in [0.4, 0.5) is 4.79 Å². The molecule has 5 nitrogen and oxygen atoms in total. The number of hydrogen-bond acceptors (Lipinski definition) is 3. The van der Waals surface area contributed by atoms with Crippen molar-refractivity contribution in [1.82, 2.24) is 4.90 Å². The Bertz CT molecular complexity index is 631. The SMILES string of the molecule is CCCCCCCCCCCCCCCCCCN(C(N)=O)C(=O)CCc1ccc(O)cc1. The minimum absolute atomic E-state index is 0.201. The van der Waals surface area contributed by atoms with Crippen LogP contribution in [-0.4, -0.2) is 28.5 Å². The summed E-state index contributed by atoms with van der Waals surface area (Å²) in [6.45, 7) is 2.67. The molecule has 0 heterocycles. The maximum absolute atomic E-state index is 12.4. The Morgan fingerprint density at radius 3 is 1.58 bits per heavy atom. The van der Waals surface area contributed by atoms with Gasteiger partial charge in [0, 0.05) is 13.0 Å². The number of rotatable bonds is 20. The average molecular weight is 461 g/mol. The zero-order valence-corrected chi connectivity index (χ0v) is 21.0. The van der Waals surface area contributed by atoms with E-state index in [1.807, 2.05) is 0 Å². The molecule has 3 amide bonds. The molecule has 0 radical (unpaired) electrons. The molecule has 0 spiro atoms. The van der Waals surface area contributed by atoms with Crippen molar-refractivity contribution >= 4 is 11.9 Å². The number of phenols is 1. The molecule has 3 N–H and O–H groups in total. The van der Waals surface area contributed by atoms with E-state index in [0.29, 0.717) is 13.0 Å². The Hall–Kier alpha value is -2.04. The molecule has 188 valence electrons. The molecule has 0 atom stereocenters. The van der Waals surface area contributed by atoms with Crippen molar-refractivity contribution < 1.29 is 14.7 Å². The minimum atomic E-state index is -0.660. The van der Waals surface area contributed by atoms with Gasteiger partial charge in [0.05, 0.1) is 0 Å². The van der Waals surface area contributed by atoms with Crippen LogP contribution >= 0.6 is 0 Å². The standard InChI is InChI=1S/C28H48N2O3/c1-2-3-4-5-6-7-8-9-10-11-12-13-14-15-16-17-24-30(28(29)33)27(32)23-20-25-18-21-26(31)22-19-25/h18-19,21-22,31H,2-17,20,23-24H2,1H3,(H2,29,33). The topological polar surface area (TPSA) is 83.6 Å². The third-order valence-corrected chi connectivity index (χ3v) is 6.37. The molecular formula is C28H48N2O3. The van der Waals surface area contributed by atoms with Crippen LogP contribution in [0.15, 0.2) is 24.3 Å². The lowest BCUT2D eigenvalue weighted by Crippen LogP contribution is -2.41. The van der Waals surface area contributed by atoms with E-state index in [0.717, 1.165) is 24.8 Å². The molecule has 0 bridgehead atoms. The highest BCUT2D eigenvalue weighted by molar-refractivity contribution is 5.93. The molecule has 0 unspecified atom stereocenters. The summed E-state index contributed by atoms with van der Waals surface area (Å²) in [7, 11) is 0. The minimum Gasteiger partial charge on any atom is -0.508 e. The molecule has 0 aliphatic rings. The predicted octanol–water partition coefficient (Wildman–Crippen LogP) is 7.49. The Balaban J connectivity index is 1.99. The molecule has 1 aromatic carbocycles. The van der Waals surface area contributed by atoms with Crippen LogP contribution in [-0.2, 0) is 11.2 Å². The average Bonchev–Trinajstić information content (AvgIpc) is 2.80. The third kappa shape index (κ3) is 15.4. The second-order valence-electron chi connectivity index (χ2n) is 9.35. The van der Waals surface area contributed by atoms with Gasteiger partial charge in [0.25, 0.3) is 0 Å². The highest BCUT2D eigenvalue weighted by Crippen LogP contribution is 2.15. The van der Waals surface area contributed by atoms with Crippen LogP contribution in [0.5, 0.6) is 5.75 Å². The summed E-state index contributed by atoms with van der Waals surface area (Å²) < 4.78 is 0. The van der Waals surface area contributed by atoms with Crippen LogP contribution in [0.3, 0.4) is 0 Å². The Morgan fingerprint density at radius 1 is 0.727 bits per heavy atom. The molecule has 0 fully saturated rings. The fourth-order valence-electron chi connectivity index (χ4n) is 4.22. The van der Waals surface area contributed by atoms with E-state index in [1.165, 1.54) is 88.4 Å². The number of primary amides is 1. The predicted molar refractivity (Wildman–Crippen MR) is 137 cm³/mol. The van der Waals surface area contributed by atoms with Gasteiger partial charge in [0.2, 0.25) is 5.91 Å². The van der Waals surface area contributed by atoms with Gasteiger partial charge in [-0.1, -0.05) is 115 Å². The van der Waals surface area contributed by atoms with Gasteiger partial charge in [0.15, 0.2) is 0 Å². The van der Waals surface area contributed by atoms with E-state index in [1.54, 1.807) is 24.3 Å². The van der Waals surface area contributed by atoms with E-state index < -0.39 is 6.03 Å². The molecule has 0 saturated heterocycles. The summed E-state index contributed by atoms with van der Waals surface area (Å²) in [6, 6.07) is 6.11. The van der Waals surface area contributed by atoms with Crippen molar-refractivity contribution in [1.29, 1.82) is 0 Å². The second-order valence-corrected chi connectivity index (χ2v) is 9.35. The number of nitrogens with zero attached hydrogens (tertiary/aromatic N) is 1. The van der Waals surface area contributed by atoms with Gasteiger partial charge in [-0.3, -0.25) is 9.69 Å². The van der Waals surface area contributed by atoms with Crippen molar-refractivity contribution in [2.45, 2.75) is 122 Å². The molecule has 1 rings (SSSR count). The lowest BCUT2D eigenvalue weighted by Gasteiger charge is -2.18. The summed E-state index contributed by atoms with van der Waals surface area (Å²) in [5.74, 6) is -0.0242. The zero-order valence-electron chi connectivity index (χ0n) is 21.0. The van der Waals surface area contributed by atoms with Crippen molar-refractivity contribution in [3.05, 3.63) is 29.8 Å². The van der Waals surface area contributed by atoms with Crippen LogP contribution in [0.25, 0.3) is 0 Å². The highest BCUT2D eigenvalue weighted by Gasteiger charge is 2.18. The number of urea groups is 1. The monoisotopic (exact) mass is 460 g/mol. The number of imide groups is 1. The number of aromatic hydroxyl groups is 1. The maximum Gasteiger partial charge on any atom is 0.321 e. The van der Waals surface area contributed by atoms with E-state index >= 15 is 0 Å². The van der Waals surface area contributed by atoms with Crippen LogP contribution < -0.4 is 5.73 Å². The van der Waals surface area contributed by atoms with Gasteiger partial charge in [-0.15, -0.1) is 0 Å². The molecule has 0 aliphatic carbocycles. The van der Waals surface area contributed by atoms with Gasteiger partial charge >= 0.3 is 6.03 Å². The number of aryl methyl sites for hydroxylation is 1. The number of unbranched alkanes of at least 4 members (excludes halogenated alkanes) is 15. The van der Waals surface area contributed by atoms with Gasteiger partial charge < -0.3 is 10.8 Å². The Morgan fingerprint density at radius 2 is 1.15 bits per heavy atom. The highest BCUT2D eigenvalue weighted by atomic mass is 16.3. The zero-order chi connectivity index (χ0) is 24.2. The van der Waals surface area contributed by atoms with E-state index in [9.17, 15) is 14.7 Å². The normalized spacial score (nSPS) is 10.9. The number of amides is 3. The van der Waals surface area contributed by atoms with Crippen LogP contribution in [0.2, 0.25) is 0 Å². The van der Waals surface area contributed by atoms with E-state index in [2.05, 4.69) is 6.92 Å². The molecule has 33 heavy (non-hydrogen) atoms. The Kier molecular flexibility index (Phi) is 17.1. The summed E-state index contributed by atoms with van der Waals surface area (Å²) in [5, 5.41) is 9.33. The van der Waals surface area contributed by atoms with Crippen molar-refractivity contribution in [2.75, 3.05) is 6.54 Å². The van der Waals surface area contributed by atoms with Crippen molar-refractivity contribution in [2.24, 2.45) is 5.73 Å². The first-order valence-electron chi connectivity index (χ1n) is 13.4. The number of carbonyl (C=O) groups is 2. The van der Waals surface area contributed by atoms with E-state index in [-0.39, 0.29) is 18.1 Å². The largest absolute Gasteiger partial charge is 0.508 e. The summed E-state index contributed by atoms with van der Waals surface area (Å²) in [4.78, 5) is 25.3. The second kappa shape index (κ2) is 19.4. The third-order valence-electron chi connectivity index (χ3n) is 6.37. The van der Waals surface area contributed by atoms with Gasteiger partial charge in [-0.2, -0.15) is 0 Å². The first kappa shape index (κ1) is 29.0. The fourth-order valence-corrected chi connectivity index (χ4v) is 4.22. The van der Waals surface area contributed by atoms with Gasteiger partial charge in [-0.25, -0.2) is 4.79 Å². The first-order valence-corrected chi connectivity index (χ1v) is 13.4. The summed E-state index contributed by atoms with van der Waals surface area (Å²) >= 11 is 0. The molecule has 0 saturated carbocycles. The number of phenolic OH excluding ortho intramolecular Hbond substituents is 1. The number of carbonyl (C=O) groups excluding carboxylic acids is 2. The number of nitrogens with two attached hydrogens (primary N) is 1. The van der Waals surface area contributed by atoms with E-state index in [4.69, 9.17) is 5.73 Å². The molecular weight excluding hydrogens is 412 g/mol. The maximum atomic E-state index is 12.4.